The summed E-state index contributed by atoms with van der Waals surface area (Å²) in [6.07, 6.45) is 4.85. The number of carbonyl (C=O) groups is 1. The van der Waals surface area contributed by atoms with Crippen molar-refractivity contribution in [2.24, 2.45) is 0 Å². The Morgan fingerprint density at radius 1 is 1.62 bits per heavy atom. The topological polar surface area (TPSA) is 49.3 Å². The first-order chi connectivity index (χ1) is 7.67. The van der Waals surface area contributed by atoms with Gasteiger partial charge in [0.15, 0.2) is 0 Å². The summed E-state index contributed by atoms with van der Waals surface area (Å²) in [5.41, 5.74) is 1.19. The van der Waals surface area contributed by atoms with Crippen LogP contribution in [0.3, 0.4) is 0 Å². The van der Waals surface area contributed by atoms with Crippen molar-refractivity contribution in [2.45, 2.75) is 44.7 Å². The molecule has 0 radical (unpaired) electrons. The summed E-state index contributed by atoms with van der Waals surface area (Å²) >= 11 is 1.30. The van der Waals surface area contributed by atoms with E-state index < -0.39 is 5.97 Å². The van der Waals surface area contributed by atoms with E-state index in [1.54, 1.807) is 0 Å². The number of aromatic carboxylic acids is 1. The van der Waals surface area contributed by atoms with E-state index in [0.717, 1.165) is 12.0 Å². The highest BCUT2D eigenvalue weighted by molar-refractivity contribution is 7.12. The largest absolute Gasteiger partial charge is 0.477 e. The minimum atomic E-state index is -0.814. The lowest BCUT2D eigenvalue weighted by atomic mass is 9.75. The number of carboxylic acid groups (broad SMARTS) is 1. The third-order valence-corrected chi connectivity index (χ3v) is 4.53. The van der Waals surface area contributed by atoms with Gasteiger partial charge >= 0.3 is 5.97 Å². The van der Waals surface area contributed by atoms with Crippen LogP contribution >= 0.6 is 11.3 Å². The van der Waals surface area contributed by atoms with Crippen LogP contribution in [-0.4, -0.2) is 16.6 Å². The van der Waals surface area contributed by atoms with Gasteiger partial charge in [-0.25, -0.2) is 4.79 Å². The summed E-state index contributed by atoms with van der Waals surface area (Å²) in [5, 5.41) is 14.4. The van der Waals surface area contributed by atoms with E-state index in [1.807, 2.05) is 11.4 Å². The van der Waals surface area contributed by atoms with Gasteiger partial charge in [0.25, 0.3) is 0 Å². The maximum absolute atomic E-state index is 10.9. The number of rotatable bonds is 5. The minimum absolute atomic E-state index is 0.276. The zero-order valence-corrected chi connectivity index (χ0v) is 10.3. The normalized spacial score (nSPS) is 18.1. The van der Waals surface area contributed by atoms with Crippen LogP contribution in [-0.2, 0) is 6.54 Å². The van der Waals surface area contributed by atoms with Gasteiger partial charge in [-0.1, -0.05) is 6.92 Å². The fraction of sp³-hybridized carbons (Fsp3) is 0.583. The van der Waals surface area contributed by atoms with Gasteiger partial charge in [-0.05, 0) is 42.7 Å². The zero-order valence-electron chi connectivity index (χ0n) is 9.45. The highest BCUT2D eigenvalue weighted by Gasteiger charge is 2.34. The van der Waals surface area contributed by atoms with Crippen LogP contribution < -0.4 is 5.32 Å². The molecule has 4 heteroatoms. The van der Waals surface area contributed by atoms with Crippen LogP contribution in [0.4, 0.5) is 0 Å². The molecule has 0 aromatic carbocycles. The van der Waals surface area contributed by atoms with E-state index in [9.17, 15) is 4.79 Å². The highest BCUT2D eigenvalue weighted by atomic mass is 32.1. The van der Waals surface area contributed by atoms with Crippen molar-refractivity contribution in [1.82, 2.24) is 5.32 Å². The van der Waals surface area contributed by atoms with E-state index in [2.05, 4.69) is 12.2 Å². The molecule has 1 aromatic rings. The quantitative estimate of drug-likeness (QED) is 0.830. The van der Waals surface area contributed by atoms with Crippen LogP contribution in [0.1, 0.15) is 47.8 Å². The summed E-state index contributed by atoms with van der Waals surface area (Å²) in [6, 6.07) is 1.91. The molecule has 2 N–H and O–H groups in total. The second-order valence-corrected chi connectivity index (χ2v) is 5.34. The summed E-state index contributed by atoms with van der Waals surface area (Å²) in [6.45, 7) is 2.87. The van der Waals surface area contributed by atoms with Crippen LogP contribution in [0.25, 0.3) is 0 Å². The van der Waals surface area contributed by atoms with Crippen molar-refractivity contribution in [2.75, 3.05) is 0 Å². The third kappa shape index (κ3) is 2.13. The molecule has 16 heavy (non-hydrogen) atoms. The average Bonchev–Trinajstić information content (AvgIpc) is 2.65. The molecule has 1 aromatic heterocycles. The molecular formula is C12H17NO2S. The van der Waals surface area contributed by atoms with Gasteiger partial charge in [0.2, 0.25) is 0 Å². The molecule has 1 heterocycles. The first-order valence-corrected chi connectivity index (χ1v) is 6.59. The zero-order chi connectivity index (χ0) is 11.6. The predicted octanol–water partition coefficient (Wildman–Crippen LogP) is 2.87. The van der Waals surface area contributed by atoms with E-state index in [1.165, 1.54) is 30.6 Å². The van der Waals surface area contributed by atoms with Crippen LogP contribution in [0.5, 0.6) is 0 Å². The Bertz CT molecular complexity index is 377. The van der Waals surface area contributed by atoms with E-state index >= 15 is 0 Å². The Balaban J connectivity index is 1.99. The van der Waals surface area contributed by atoms with Gasteiger partial charge in [0, 0.05) is 12.1 Å². The number of carboxylic acids is 1. The number of hydrogen-bond donors (Lipinski definition) is 2. The molecule has 0 spiro atoms. The predicted molar refractivity (Wildman–Crippen MR) is 65.0 cm³/mol. The van der Waals surface area contributed by atoms with Crippen molar-refractivity contribution < 1.29 is 9.90 Å². The van der Waals surface area contributed by atoms with Gasteiger partial charge in [0.05, 0.1) is 0 Å². The van der Waals surface area contributed by atoms with Crippen molar-refractivity contribution in [1.29, 1.82) is 0 Å². The molecule has 0 bridgehead atoms. The maximum atomic E-state index is 10.9. The van der Waals surface area contributed by atoms with Gasteiger partial charge in [-0.2, -0.15) is 0 Å². The van der Waals surface area contributed by atoms with E-state index in [-0.39, 0.29) is 5.54 Å². The second-order valence-electron chi connectivity index (χ2n) is 4.42. The lowest BCUT2D eigenvalue weighted by Gasteiger charge is -2.42. The monoisotopic (exact) mass is 239 g/mol. The standard InChI is InChI=1S/C12H17NO2S/c1-2-12(5-3-6-12)13-8-9-4-7-16-10(9)11(14)15/h4,7,13H,2-3,5-6,8H2,1H3,(H,14,15). The molecule has 1 aliphatic rings. The summed E-state index contributed by atoms with van der Waals surface area (Å²) in [5.74, 6) is -0.814. The Hall–Kier alpha value is -0.870. The van der Waals surface area contributed by atoms with E-state index in [4.69, 9.17) is 5.11 Å². The molecule has 0 atom stereocenters. The van der Waals surface area contributed by atoms with Gasteiger partial charge < -0.3 is 10.4 Å². The van der Waals surface area contributed by atoms with Crippen molar-refractivity contribution in [3.8, 4) is 0 Å². The molecular weight excluding hydrogens is 222 g/mol. The number of nitrogens with one attached hydrogen (secondary N) is 1. The fourth-order valence-corrected chi connectivity index (χ4v) is 2.96. The second kappa shape index (κ2) is 4.55. The highest BCUT2D eigenvalue weighted by Crippen LogP contribution is 2.35. The van der Waals surface area contributed by atoms with Crippen LogP contribution in [0, 0.1) is 0 Å². The van der Waals surface area contributed by atoms with Gasteiger partial charge in [-0.15, -0.1) is 11.3 Å². The molecule has 0 unspecified atom stereocenters. The molecule has 0 aliphatic heterocycles. The molecule has 1 saturated carbocycles. The molecule has 88 valence electrons. The van der Waals surface area contributed by atoms with Crippen molar-refractivity contribution in [3.63, 3.8) is 0 Å². The lowest BCUT2D eigenvalue weighted by molar-refractivity contribution is 0.0700. The molecule has 1 aliphatic carbocycles. The Labute approximate surface area is 99.5 Å². The molecule has 1 fully saturated rings. The average molecular weight is 239 g/mol. The minimum Gasteiger partial charge on any atom is -0.477 e. The summed E-state index contributed by atoms with van der Waals surface area (Å²) < 4.78 is 0. The smallest absolute Gasteiger partial charge is 0.346 e. The molecule has 0 amide bonds. The third-order valence-electron chi connectivity index (χ3n) is 3.58. The Kier molecular flexibility index (Phi) is 3.30. The summed E-state index contributed by atoms with van der Waals surface area (Å²) in [4.78, 5) is 11.4. The number of thiophene rings is 1. The van der Waals surface area contributed by atoms with Crippen molar-refractivity contribution in [3.05, 3.63) is 21.9 Å². The van der Waals surface area contributed by atoms with Crippen LogP contribution in [0.2, 0.25) is 0 Å². The molecule has 0 saturated heterocycles. The van der Waals surface area contributed by atoms with Gasteiger partial charge in [-0.3, -0.25) is 0 Å². The first-order valence-electron chi connectivity index (χ1n) is 5.71. The molecule has 3 nitrogen and oxygen atoms in total. The van der Waals surface area contributed by atoms with E-state index in [0.29, 0.717) is 11.4 Å². The fourth-order valence-electron chi connectivity index (χ4n) is 2.20. The van der Waals surface area contributed by atoms with Gasteiger partial charge in [0.1, 0.15) is 4.88 Å². The van der Waals surface area contributed by atoms with Crippen LogP contribution in [0.15, 0.2) is 11.4 Å². The Morgan fingerprint density at radius 2 is 2.38 bits per heavy atom. The lowest BCUT2D eigenvalue weighted by Crippen LogP contribution is -2.49. The molecule has 2 rings (SSSR count). The number of hydrogen-bond acceptors (Lipinski definition) is 3. The SMILES string of the molecule is CCC1(NCc2ccsc2C(=O)O)CCC1. The Morgan fingerprint density at radius 3 is 2.88 bits per heavy atom. The summed E-state index contributed by atoms with van der Waals surface area (Å²) in [7, 11) is 0. The maximum Gasteiger partial charge on any atom is 0.346 e. The first kappa shape index (κ1) is 11.6. The van der Waals surface area contributed by atoms with Crippen molar-refractivity contribution >= 4 is 17.3 Å².